The summed E-state index contributed by atoms with van der Waals surface area (Å²) in [5, 5.41) is 2.55. The maximum Gasteiger partial charge on any atom is 0.414 e. The number of nitrogens with two attached hydrogens (primary N) is 1. The van der Waals surface area contributed by atoms with Crippen molar-refractivity contribution in [3.8, 4) is 0 Å². The Morgan fingerprint density at radius 3 is 2.70 bits per heavy atom. The molecule has 2 aliphatic heterocycles. The van der Waals surface area contributed by atoms with Crippen LogP contribution < -0.4 is 11.1 Å². The molecule has 2 unspecified atom stereocenters. The molecule has 4 heterocycles. The number of carbonyl (C=O) groups excluding carboxylic acids is 3. The molecule has 37 heavy (non-hydrogen) atoms. The normalized spacial score (nSPS) is 22.4. The van der Waals surface area contributed by atoms with Crippen molar-refractivity contribution in [1.29, 1.82) is 0 Å². The van der Waals surface area contributed by atoms with Crippen molar-refractivity contribution in [2.75, 3.05) is 45.8 Å². The van der Waals surface area contributed by atoms with E-state index in [-0.39, 0.29) is 75.2 Å². The van der Waals surface area contributed by atoms with Gasteiger partial charge in [0.1, 0.15) is 23.8 Å². The van der Waals surface area contributed by atoms with E-state index in [0.29, 0.717) is 5.78 Å². The first-order valence-electron chi connectivity index (χ1n) is 11.9. The van der Waals surface area contributed by atoms with Crippen LogP contribution in [-0.2, 0) is 9.53 Å². The molecule has 0 aromatic carbocycles. The van der Waals surface area contributed by atoms with Gasteiger partial charge in [-0.15, -0.1) is 0 Å². The van der Waals surface area contributed by atoms with Gasteiger partial charge in [0.2, 0.25) is 11.7 Å². The topological polar surface area (TPSA) is 138 Å². The van der Waals surface area contributed by atoms with Crippen molar-refractivity contribution in [2.45, 2.75) is 18.7 Å². The number of amides is 3. The van der Waals surface area contributed by atoms with Crippen LogP contribution in [-0.4, -0.2) is 105 Å². The highest BCUT2D eigenvalue weighted by atomic mass is 19.1. The molecule has 3 N–H and O–H groups in total. The van der Waals surface area contributed by atoms with E-state index in [9.17, 15) is 18.8 Å². The predicted octanol–water partition coefficient (Wildman–Crippen LogP) is 0.190. The van der Waals surface area contributed by atoms with E-state index in [1.54, 1.807) is 27.8 Å². The molecule has 0 radical (unpaired) electrons. The lowest BCUT2D eigenvalue weighted by Gasteiger charge is -2.39. The van der Waals surface area contributed by atoms with E-state index in [1.807, 2.05) is 0 Å². The molecule has 0 saturated carbocycles. The molecule has 2 aromatic rings. The van der Waals surface area contributed by atoms with Crippen molar-refractivity contribution in [2.24, 2.45) is 5.73 Å². The summed E-state index contributed by atoms with van der Waals surface area (Å²) in [6.07, 6.45) is 2.96. The molecule has 3 amide bonds. The van der Waals surface area contributed by atoms with Crippen LogP contribution in [0.4, 0.5) is 13.6 Å². The second kappa shape index (κ2) is 10.1. The number of halogens is 2. The van der Waals surface area contributed by atoms with E-state index in [2.05, 4.69) is 15.3 Å². The lowest BCUT2D eigenvalue weighted by Crippen LogP contribution is -2.52. The summed E-state index contributed by atoms with van der Waals surface area (Å²) in [7, 11) is 0. The first kappa shape index (κ1) is 24.6. The number of aromatic nitrogens is 3. The fourth-order valence-electron chi connectivity index (χ4n) is 4.62. The fourth-order valence-corrected chi connectivity index (χ4v) is 4.62. The summed E-state index contributed by atoms with van der Waals surface area (Å²) < 4.78 is 36.7. The van der Waals surface area contributed by atoms with Crippen LogP contribution in [0, 0.1) is 0 Å². The smallest absolute Gasteiger partial charge is 0.414 e. The van der Waals surface area contributed by atoms with Gasteiger partial charge in [-0.3, -0.25) is 18.9 Å². The third kappa shape index (κ3) is 4.96. The summed E-state index contributed by atoms with van der Waals surface area (Å²) in [5.74, 6) is -1.21. The van der Waals surface area contributed by atoms with Crippen LogP contribution in [0.5, 0.6) is 0 Å². The summed E-state index contributed by atoms with van der Waals surface area (Å²) >= 11 is 0. The zero-order valence-corrected chi connectivity index (χ0v) is 19.8. The Kier molecular flexibility index (Phi) is 6.74. The van der Waals surface area contributed by atoms with Crippen molar-refractivity contribution in [3.05, 3.63) is 53.6 Å². The van der Waals surface area contributed by atoms with Gasteiger partial charge in [0.05, 0.1) is 18.8 Å². The van der Waals surface area contributed by atoms with E-state index in [1.165, 1.54) is 16.0 Å². The second-order valence-electron chi connectivity index (χ2n) is 8.90. The molecule has 14 heteroatoms. The van der Waals surface area contributed by atoms with Gasteiger partial charge in [0, 0.05) is 63.4 Å². The summed E-state index contributed by atoms with van der Waals surface area (Å²) in [4.78, 5) is 49.5. The van der Waals surface area contributed by atoms with Crippen LogP contribution in [0.2, 0.25) is 0 Å². The molecule has 0 bridgehead atoms. The Labute approximate surface area is 210 Å². The van der Waals surface area contributed by atoms with Crippen LogP contribution in [0.3, 0.4) is 0 Å². The second-order valence-corrected chi connectivity index (χ2v) is 8.90. The van der Waals surface area contributed by atoms with Crippen LogP contribution in [0.15, 0.2) is 48.0 Å². The van der Waals surface area contributed by atoms with Gasteiger partial charge in [-0.05, 0) is 12.1 Å². The Morgan fingerprint density at radius 2 is 2.03 bits per heavy atom. The number of cyclic esters (lactones) is 1. The van der Waals surface area contributed by atoms with Gasteiger partial charge in [-0.25, -0.2) is 23.5 Å². The van der Waals surface area contributed by atoms with Crippen molar-refractivity contribution in [1.82, 2.24) is 34.4 Å². The Hall–Kier alpha value is -4.07. The summed E-state index contributed by atoms with van der Waals surface area (Å²) in [6, 6.07) is 1.70. The molecule has 2 fully saturated rings. The zero-order chi connectivity index (χ0) is 26.1. The molecule has 5 rings (SSSR count). The van der Waals surface area contributed by atoms with Crippen LogP contribution in [0.1, 0.15) is 16.9 Å². The maximum atomic E-state index is 15.1. The first-order valence-corrected chi connectivity index (χ1v) is 11.9. The van der Waals surface area contributed by atoms with Crippen LogP contribution in [0.25, 0.3) is 5.78 Å². The average Bonchev–Trinajstić information content (AvgIpc) is 3.50. The number of hydrogen-bond donors (Lipinski definition) is 2. The van der Waals surface area contributed by atoms with Crippen molar-refractivity contribution >= 4 is 23.7 Å². The van der Waals surface area contributed by atoms with Gasteiger partial charge < -0.3 is 25.6 Å². The van der Waals surface area contributed by atoms with E-state index in [0.717, 1.165) is 6.08 Å². The molecular weight excluding hydrogens is 490 g/mol. The van der Waals surface area contributed by atoms with Crippen molar-refractivity contribution in [3.63, 3.8) is 0 Å². The molecule has 1 aliphatic carbocycles. The Morgan fingerprint density at radius 1 is 1.24 bits per heavy atom. The lowest BCUT2D eigenvalue weighted by atomic mass is 10.0. The summed E-state index contributed by atoms with van der Waals surface area (Å²) in [6.45, 7) is 0.985. The number of piperazine rings is 1. The quantitative estimate of drug-likeness (QED) is 0.555. The number of nitrogens with one attached hydrogen (secondary N) is 1. The number of hydrogen-bond acceptors (Lipinski definition) is 8. The molecular formula is C23H26F2N8O4. The molecule has 196 valence electrons. The molecule has 3 aliphatic rings. The van der Waals surface area contributed by atoms with Crippen molar-refractivity contribution < 1.29 is 27.9 Å². The number of alkyl halides is 1. The molecule has 12 nitrogen and oxygen atoms in total. The average molecular weight is 517 g/mol. The van der Waals surface area contributed by atoms with Gasteiger partial charge in [0.25, 0.3) is 5.91 Å². The fraction of sp³-hybridized carbons (Fsp3) is 0.435. The van der Waals surface area contributed by atoms with E-state index < -0.39 is 30.1 Å². The molecule has 0 spiro atoms. The minimum atomic E-state index is -1.65. The molecule has 2 aromatic heterocycles. The van der Waals surface area contributed by atoms with Gasteiger partial charge in [-0.2, -0.15) is 0 Å². The maximum absolute atomic E-state index is 15.1. The number of allylic oxidation sites excluding steroid dienone is 4. The van der Waals surface area contributed by atoms with Gasteiger partial charge in [0.15, 0.2) is 0 Å². The number of imidazole rings is 1. The monoisotopic (exact) mass is 516 g/mol. The Balaban J connectivity index is 1.15. The number of ether oxygens (including phenoxy) is 1. The largest absolute Gasteiger partial charge is 0.443 e. The minimum Gasteiger partial charge on any atom is -0.443 e. The third-order valence-corrected chi connectivity index (χ3v) is 6.55. The number of carbonyl (C=O) groups is 3. The molecule has 2 atom stereocenters. The first-order chi connectivity index (χ1) is 17.8. The zero-order valence-electron chi connectivity index (χ0n) is 19.8. The third-order valence-electron chi connectivity index (χ3n) is 6.55. The van der Waals surface area contributed by atoms with Gasteiger partial charge >= 0.3 is 6.09 Å². The number of rotatable bonds is 6. The van der Waals surface area contributed by atoms with Gasteiger partial charge in [-0.1, -0.05) is 0 Å². The summed E-state index contributed by atoms with van der Waals surface area (Å²) in [5.41, 5.74) is 5.78. The SMILES string of the molecule is NCC1CN(C2=CC(F)=C(N3CCN(C(=O)CNC(=O)c4cn5cccnc5n4)CC3)C(F)C2)C(=O)O1. The van der Waals surface area contributed by atoms with E-state index in [4.69, 9.17) is 10.5 Å². The lowest BCUT2D eigenvalue weighted by molar-refractivity contribution is -0.131. The Bertz CT molecular complexity index is 1250. The van der Waals surface area contributed by atoms with Crippen LogP contribution >= 0.6 is 0 Å². The highest BCUT2D eigenvalue weighted by molar-refractivity contribution is 5.95. The number of fused-ring (bicyclic) bond motifs is 1. The minimum absolute atomic E-state index is 0.0902. The number of nitrogens with zero attached hydrogens (tertiary/aromatic N) is 6. The van der Waals surface area contributed by atoms with E-state index >= 15 is 4.39 Å². The highest BCUT2D eigenvalue weighted by Gasteiger charge is 2.38. The highest BCUT2D eigenvalue weighted by Crippen LogP contribution is 2.34. The predicted molar refractivity (Wildman–Crippen MR) is 125 cm³/mol. The molecule has 2 saturated heterocycles. The standard InChI is InChI=1S/C23H26F2N8O4/c24-16-8-14(33-12-15(10-26)37-23(33)36)9-17(25)20(16)31-6-4-30(5-7-31)19(34)11-28-21(35)18-13-32-3-1-2-27-22(32)29-18/h1-3,8,13,15,17H,4-7,9-12,26H2,(H,28,35).